The normalized spacial score (nSPS) is 12.2. The average molecular weight is 330 g/mol. The maximum atomic E-state index is 11.4. The molecule has 0 saturated carbocycles. The van der Waals surface area contributed by atoms with E-state index in [4.69, 9.17) is 9.47 Å². The van der Waals surface area contributed by atoms with E-state index in [2.05, 4.69) is 4.74 Å². The fourth-order valence-electron chi connectivity index (χ4n) is 1.88. The number of aldehydes is 1. The van der Waals surface area contributed by atoms with Gasteiger partial charge in [-0.1, -0.05) is 12.1 Å². The van der Waals surface area contributed by atoms with Crippen molar-refractivity contribution in [2.75, 3.05) is 21.3 Å². The number of carbonyl (C=O) groups is 2. The Morgan fingerprint density at radius 3 is 2.46 bits per heavy atom. The number of hydrogen-bond donors (Lipinski definition) is 0. The van der Waals surface area contributed by atoms with E-state index in [1.54, 1.807) is 45.4 Å². The maximum absolute atomic E-state index is 11.4. The fraction of sp³-hybridized carbons (Fsp3) is 0.263. The van der Waals surface area contributed by atoms with Gasteiger partial charge in [-0.15, -0.1) is 0 Å². The van der Waals surface area contributed by atoms with Crippen molar-refractivity contribution in [3.05, 3.63) is 58.9 Å². The van der Waals surface area contributed by atoms with Crippen LogP contribution in [0, 0.1) is 0 Å². The molecule has 1 aromatic rings. The Balaban J connectivity index is 3.07. The molecule has 0 amide bonds. The van der Waals surface area contributed by atoms with Crippen LogP contribution in [0.1, 0.15) is 18.1 Å². The quantitative estimate of drug-likeness (QED) is 0.241. The molecule has 0 aromatic heterocycles. The van der Waals surface area contributed by atoms with Crippen LogP contribution in [-0.4, -0.2) is 33.6 Å². The van der Waals surface area contributed by atoms with Gasteiger partial charge in [0.05, 0.1) is 27.8 Å². The lowest BCUT2D eigenvalue weighted by Gasteiger charge is -2.08. The van der Waals surface area contributed by atoms with Gasteiger partial charge < -0.3 is 14.2 Å². The number of esters is 1. The third-order valence-corrected chi connectivity index (χ3v) is 3.23. The van der Waals surface area contributed by atoms with Gasteiger partial charge in [0.25, 0.3) is 0 Å². The minimum atomic E-state index is -0.304. The van der Waals surface area contributed by atoms with Crippen LogP contribution in [0.3, 0.4) is 0 Å². The van der Waals surface area contributed by atoms with Crippen molar-refractivity contribution in [1.82, 2.24) is 0 Å². The Hall–Kier alpha value is -2.82. The molecule has 0 heterocycles. The highest BCUT2D eigenvalue weighted by Gasteiger charge is 2.06. The minimum absolute atomic E-state index is 0.190. The molecule has 0 aliphatic heterocycles. The number of allylic oxidation sites excluding steroid dienone is 4. The molecule has 0 atom stereocenters. The standard InChI is InChI=1S/C19H22O5/c1-14(13-20)5-8-17(22-2)9-7-16-11-15(12-19(21)24-4)6-10-18(16)23-3/h5-11,13H,12H2,1-4H3/b9-7+,14-5+,17-8+. The van der Waals surface area contributed by atoms with Gasteiger partial charge >= 0.3 is 5.97 Å². The zero-order chi connectivity index (χ0) is 17.9. The van der Waals surface area contributed by atoms with Crippen LogP contribution in [0.15, 0.2) is 47.8 Å². The van der Waals surface area contributed by atoms with Gasteiger partial charge in [0.1, 0.15) is 17.8 Å². The van der Waals surface area contributed by atoms with Crippen LogP contribution in [0.4, 0.5) is 0 Å². The zero-order valence-corrected chi connectivity index (χ0v) is 14.4. The lowest BCUT2D eigenvalue weighted by molar-refractivity contribution is -0.139. The van der Waals surface area contributed by atoms with E-state index in [0.29, 0.717) is 17.1 Å². The number of carbonyl (C=O) groups excluding carboxylic acids is 2. The van der Waals surface area contributed by atoms with Crippen LogP contribution < -0.4 is 4.74 Å². The summed E-state index contributed by atoms with van der Waals surface area (Å²) in [4.78, 5) is 22.0. The van der Waals surface area contributed by atoms with Gasteiger partial charge in [-0.2, -0.15) is 0 Å². The first-order valence-corrected chi connectivity index (χ1v) is 7.33. The first-order valence-electron chi connectivity index (χ1n) is 7.33. The summed E-state index contributed by atoms with van der Waals surface area (Å²) in [5.74, 6) is 0.952. The van der Waals surface area contributed by atoms with Crippen LogP contribution in [-0.2, 0) is 25.5 Å². The summed E-state index contributed by atoms with van der Waals surface area (Å²) in [7, 11) is 4.48. The molecular formula is C19H22O5. The van der Waals surface area contributed by atoms with E-state index in [1.807, 2.05) is 18.2 Å². The van der Waals surface area contributed by atoms with Crippen molar-refractivity contribution in [1.29, 1.82) is 0 Å². The molecule has 128 valence electrons. The molecule has 0 aliphatic rings. The molecule has 0 radical (unpaired) electrons. The summed E-state index contributed by atoms with van der Waals surface area (Å²) in [5.41, 5.74) is 2.22. The Morgan fingerprint density at radius 1 is 1.12 bits per heavy atom. The molecule has 0 fully saturated rings. The fourth-order valence-corrected chi connectivity index (χ4v) is 1.88. The molecule has 0 spiro atoms. The minimum Gasteiger partial charge on any atom is -0.497 e. The molecule has 24 heavy (non-hydrogen) atoms. The van der Waals surface area contributed by atoms with Crippen LogP contribution in [0.2, 0.25) is 0 Å². The van der Waals surface area contributed by atoms with E-state index >= 15 is 0 Å². The lowest BCUT2D eigenvalue weighted by Crippen LogP contribution is -2.04. The summed E-state index contributed by atoms with van der Waals surface area (Å²) in [6.07, 6.45) is 7.90. The molecule has 5 nitrogen and oxygen atoms in total. The molecule has 0 saturated heterocycles. The molecule has 0 unspecified atom stereocenters. The second-order valence-electron chi connectivity index (χ2n) is 4.96. The van der Waals surface area contributed by atoms with E-state index in [0.717, 1.165) is 17.4 Å². The molecule has 1 aromatic carbocycles. The first kappa shape index (κ1) is 19.2. The second-order valence-corrected chi connectivity index (χ2v) is 4.96. The lowest BCUT2D eigenvalue weighted by atomic mass is 10.1. The first-order chi connectivity index (χ1) is 11.5. The summed E-state index contributed by atoms with van der Waals surface area (Å²) in [6, 6.07) is 5.47. The Bertz CT molecular complexity index is 668. The number of ether oxygens (including phenoxy) is 3. The van der Waals surface area contributed by atoms with Crippen molar-refractivity contribution in [3.63, 3.8) is 0 Å². The van der Waals surface area contributed by atoms with Gasteiger partial charge in [0.15, 0.2) is 0 Å². The van der Waals surface area contributed by atoms with Crippen molar-refractivity contribution >= 4 is 18.3 Å². The Kier molecular flexibility index (Phi) is 8.05. The Labute approximate surface area is 142 Å². The average Bonchev–Trinajstić information content (AvgIpc) is 2.61. The van der Waals surface area contributed by atoms with Gasteiger partial charge in [-0.05, 0) is 48.4 Å². The third kappa shape index (κ3) is 6.12. The predicted octanol–water partition coefficient (Wildman–Crippen LogP) is 3.10. The number of rotatable bonds is 8. The molecule has 0 N–H and O–H groups in total. The van der Waals surface area contributed by atoms with Gasteiger partial charge in [0, 0.05) is 5.56 Å². The van der Waals surface area contributed by atoms with Gasteiger partial charge in [0.2, 0.25) is 0 Å². The van der Waals surface area contributed by atoms with Crippen molar-refractivity contribution in [2.45, 2.75) is 13.3 Å². The smallest absolute Gasteiger partial charge is 0.309 e. The number of hydrogen-bond acceptors (Lipinski definition) is 5. The third-order valence-electron chi connectivity index (χ3n) is 3.23. The van der Waals surface area contributed by atoms with Crippen LogP contribution in [0.25, 0.3) is 6.08 Å². The topological polar surface area (TPSA) is 61.8 Å². The van der Waals surface area contributed by atoms with E-state index in [9.17, 15) is 9.59 Å². The molecule has 5 heteroatoms. The Morgan fingerprint density at radius 2 is 1.88 bits per heavy atom. The van der Waals surface area contributed by atoms with Crippen LogP contribution in [0.5, 0.6) is 5.75 Å². The molecule has 0 bridgehead atoms. The van der Waals surface area contributed by atoms with Crippen LogP contribution >= 0.6 is 0 Å². The highest BCUT2D eigenvalue weighted by Crippen LogP contribution is 2.22. The van der Waals surface area contributed by atoms with Gasteiger partial charge in [-0.3, -0.25) is 9.59 Å². The summed E-state index contributed by atoms with van der Waals surface area (Å²) < 4.78 is 15.3. The predicted molar refractivity (Wildman–Crippen MR) is 92.7 cm³/mol. The zero-order valence-electron chi connectivity index (χ0n) is 14.4. The summed E-state index contributed by atoms with van der Waals surface area (Å²) >= 11 is 0. The van der Waals surface area contributed by atoms with E-state index in [1.165, 1.54) is 7.11 Å². The molecule has 1 rings (SSSR count). The molecule has 0 aliphatic carbocycles. The number of methoxy groups -OCH3 is 3. The SMILES string of the molecule is COC(=O)Cc1ccc(OC)c(/C=C/C(=C\C=C(/C)C=O)OC)c1. The van der Waals surface area contributed by atoms with E-state index < -0.39 is 0 Å². The summed E-state index contributed by atoms with van der Waals surface area (Å²) in [6.45, 7) is 1.71. The second kappa shape index (κ2) is 10.0. The molecular weight excluding hydrogens is 308 g/mol. The van der Waals surface area contributed by atoms with E-state index in [-0.39, 0.29) is 12.4 Å². The summed E-state index contributed by atoms with van der Waals surface area (Å²) in [5, 5.41) is 0. The monoisotopic (exact) mass is 330 g/mol. The van der Waals surface area contributed by atoms with Crippen molar-refractivity contribution < 1.29 is 23.8 Å². The van der Waals surface area contributed by atoms with Crippen molar-refractivity contribution in [3.8, 4) is 5.75 Å². The van der Waals surface area contributed by atoms with Gasteiger partial charge in [-0.25, -0.2) is 0 Å². The largest absolute Gasteiger partial charge is 0.497 e. The highest BCUT2D eigenvalue weighted by molar-refractivity contribution is 5.73. The highest BCUT2D eigenvalue weighted by atomic mass is 16.5. The maximum Gasteiger partial charge on any atom is 0.309 e. The van der Waals surface area contributed by atoms with Crippen molar-refractivity contribution in [2.24, 2.45) is 0 Å². The number of benzene rings is 1.